The first-order valence-electron chi connectivity index (χ1n) is 10.5. The zero-order chi connectivity index (χ0) is 20.2. The van der Waals surface area contributed by atoms with Gasteiger partial charge in [0.05, 0.1) is 20.3 Å². The summed E-state index contributed by atoms with van der Waals surface area (Å²) in [5, 5.41) is 3.71. The number of morpholine rings is 1. The summed E-state index contributed by atoms with van der Waals surface area (Å²) >= 11 is 0. The van der Waals surface area contributed by atoms with Gasteiger partial charge in [-0.25, -0.2) is 9.37 Å². The van der Waals surface area contributed by atoms with Crippen LogP contribution in [0.3, 0.4) is 0 Å². The predicted octanol–water partition coefficient (Wildman–Crippen LogP) is 4.05. The highest BCUT2D eigenvalue weighted by atomic mass is 19.1. The molecule has 5 nitrogen and oxygen atoms in total. The quantitative estimate of drug-likeness (QED) is 0.794. The molecule has 1 aromatic carbocycles. The van der Waals surface area contributed by atoms with Crippen LogP contribution < -0.4 is 15.0 Å². The van der Waals surface area contributed by atoms with Crippen LogP contribution in [0.1, 0.15) is 49.3 Å². The third-order valence-corrected chi connectivity index (χ3v) is 6.17. The van der Waals surface area contributed by atoms with E-state index in [1.54, 1.807) is 6.07 Å². The molecule has 1 aromatic heterocycles. The molecule has 0 spiro atoms. The lowest BCUT2D eigenvalue weighted by Crippen LogP contribution is -2.36. The van der Waals surface area contributed by atoms with Crippen molar-refractivity contribution in [1.29, 1.82) is 0 Å². The number of halogens is 1. The molecule has 2 aromatic rings. The number of benzene rings is 1. The number of pyridine rings is 1. The van der Waals surface area contributed by atoms with E-state index in [-0.39, 0.29) is 11.9 Å². The van der Waals surface area contributed by atoms with Crippen LogP contribution in [-0.2, 0) is 4.74 Å². The molecule has 1 aliphatic carbocycles. The summed E-state index contributed by atoms with van der Waals surface area (Å²) < 4.78 is 24.2. The summed E-state index contributed by atoms with van der Waals surface area (Å²) in [5.41, 5.74) is 2.37. The summed E-state index contributed by atoms with van der Waals surface area (Å²) in [5.74, 6) is 1.56. The van der Waals surface area contributed by atoms with Crippen LogP contribution in [0.4, 0.5) is 10.2 Å². The number of hydrogen-bond acceptors (Lipinski definition) is 5. The molecule has 0 unspecified atom stereocenters. The molecule has 4 rings (SSSR count). The van der Waals surface area contributed by atoms with Crippen LogP contribution in [-0.4, -0.2) is 44.4 Å². The van der Waals surface area contributed by atoms with Crippen molar-refractivity contribution in [1.82, 2.24) is 10.3 Å². The van der Waals surface area contributed by atoms with Crippen molar-refractivity contribution in [3.8, 4) is 5.75 Å². The van der Waals surface area contributed by atoms with Gasteiger partial charge < -0.3 is 19.7 Å². The van der Waals surface area contributed by atoms with Gasteiger partial charge in [-0.2, -0.15) is 0 Å². The predicted molar refractivity (Wildman–Crippen MR) is 112 cm³/mol. The zero-order valence-electron chi connectivity index (χ0n) is 17.2. The fourth-order valence-electron chi connectivity index (χ4n) is 4.45. The van der Waals surface area contributed by atoms with Gasteiger partial charge in [0.2, 0.25) is 0 Å². The van der Waals surface area contributed by atoms with Crippen LogP contribution in [0.25, 0.3) is 0 Å². The topological polar surface area (TPSA) is 46.6 Å². The average molecular weight is 400 g/mol. The van der Waals surface area contributed by atoms with Gasteiger partial charge in [0.15, 0.2) is 11.6 Å². The van der Waals surface area contributed by atoms with Gasteiger partial charge in [0.25, 0.3) is 0 Å². The molecule has 2 heterocycles. The fourth-order valence-corrected chi connectivity index (χ4v) is 4.45. The van der Waals surface area contributed by atoms with E-state index in [0.717, 1.165) is 56.9 Å². The molecule has 2 aliphatic rings. The van der Waals surface area contributed by atoms with Crippen molar-refractivity contribution < 1.29 is 13.9 Å². The van der Waals surface area contributed by atoms with Gasteiger partial charge >= 0.3 is 0 Å². The number of anilines is 1. The van der Waals surface area contributed by atoms with E-state index in [9.17, 15) is 4.39 Å². The second kappa shape index (κ2) is 9.09. The Labute approximate surface area is 172 Å². The van der Waals surface area contributed by atoms with Gasteiger partial charge in [0, 0.05) is 31.4 Å². The largest absolute Gasteiger partial charge is 0.494 e. The van der Waals surface area contributed by atoms with Crippen LogP contribution >= 0.6 is 0 Å². The second-order valence-corrected chi connectivity index (χ2v) is 8.04. The molecule has 6 heteroatoms. The molecule has 29 heavy (non-hydrogen) atoms. The van der Waals surface area contributed by atoms with Crippen LogP contribution in [0, 0.1) is 5.82 Å². The smallest absolute Gasteiger partial charge is 0.165 e. The van der Waals surface area contributed by atoms with Crippen LogP contribution in [0.15, 0.2) is 36.5 Å². The summed E-state index contributed by atoms with van der Waals surface area (Å²) in [4.78, 5) is 6.99. The Balaban J connectivity index is 1.34. The molecule has 1 N–H and O–H groups in total. The molecule has 0 bridgehead atoms. The third-order valence-electron chi connectivity index (χ3n) is 6.17. The van der Waals surface area contributed by atoms with Gasteiger partial charge in [-0.15, -0.1) is 0 Å². The van der Waals surface area contributed by atoms with Crippen molar-refractivity contribution >= 4 is 5.82 Å². The maximum absolute atomic E-state index is 13.7. The van der Waals surface area contributed by atoms with Crippen molar-refractivity contribution in [3.63, 3.8) is 0 Å². The summed E-state index contributed by atoms with van der Waals surface area (Å²) in [6, 6.07) is 10.1. The number of aromatic nitrogens is 1. The van der Waals surface area contributed by atoms with E-state index >= 15 is 0 Å². The Morgan fingerprint density at radius 3 is 2.76 bits per heavy atom. The maximum Gasteiger partial charge on any atom is 0.165 e. The number of hydrogen-bond donors (Lipinski definition) is 1. The summed E-state index contributed by atoms with van der Waals surface area (Å²) in [6.07, 6.45) is 5.45. The van der Waals surface area contributed by atoms with Crippen molar-refractivity contribution in [2.75, 3.05) is 38.3 Å². The lowest BCUT2D eigenvalue weighted by Gasteiger charge is -2.28. The van der Waals surface area contributed by atoms with E-state index < -0.39 is 0 Å². The minimum atomic E-state index is -0.322. The minimum absolute atomic E-state index is 0.148. The molecular weight excluding hydrogens is 369 g/mol. The standard InChI is InChI=1S/C23H30FN3O2/c1-16(17-4-7-21(24)22(14-17)28-2)26-20-6-3-18(13-20)19-5-8-23(25-15-19)27-9-11-29-12-10-27/h4-5,7-8,14-16,18,20,26H,3,6,9-13H2,1-2H3/t16-,18-,20+/m1/s1. The molecule has 0 radical (unpaired) electrons. The first-order valence-corrected chi connectivity index (χ1v) is 10.5. The molecule has 1 saturated carbocycles. The Morgan fingerprint density at radius 1 is 1.21 bits per heavy atom. The van der Waals surface area contributed by atoms with Crippen LogP contribution in [0.5, 0.6) is 5.75 Å². The molecule has 3 atom stereocenters. The van der Waals surface area contributed by atoms with Crippen molar-refractivity contribution in [2.45, 2.75) is 44.2 Å². The maximum atomic E-state index is 13.7. The Hall–Kier alpha value is -2.18. The van der Waals surface area contributed by atoms with E-state index in [1.165, 1.54) is 18.7 Å². The number of nitrogens with one attached hydrogen (secondary N) is 1. The highest BCUT2D eigenvalue weighted by Gasteiger charge is 2.27. The van der Waals surface area contributed by atoms with E-state index in [1.807, 2.05) is 12.3 Å². The van der Waals surface area contributed by atoms with Crippen LogP contribution in [0.2, 0.25) is 0 Å². The lowest BCUT2D eigenvalue weighted by atomic mass is 9.99. The first kappa shape index (κ1) is 20.1. The van der Waals surface area contributed by atoms with Gasteiger partial charge in [-0.1, -0.05) is 12.1 Å². The lowest BCUT2D eigenvalue weighted by molar-refractivity contribution is 0.122. The number of rotatable bonds is 6. The molecule has 2 fully saturated rings. The van der Waals surface area contributed by atoms with Crippen molar-refractivity contribution in [3.05, 3.63) is 53.5 Å². The fraction of sp³-hybridized carbons (Fsp3) is 0.522. The highest BCUT2D eigenvalue weighted by Crippen LogP contribution is 2.36. The Kier molecular flexibility index (Phi) is 6.31. The zero-order valence-corrected chi connectivity index (χ0v) is 17.2. The van der Waals surface area contributed by atoms with E-state index in [2.05, 4.69) is 29.3 Å². The molecule has 156 valence electrons. The average Bonchev–Trinajstić information content (AvgIpc) is 3.23. The van der Waals surface area contributed by atoms with E-state index in [0.29, 0.717) is 17.7 Å². The number of methoxy groups -OCH3 is 1. The Morgan fingerprint density at radius 2 is 2.03 bits per heavy atom. The Bertz CT molecular complexity index is 808. The molecule has 1 saturated heterocycles. The SMILES string of the molecule is COc1cc([C@@H](C)N[C@H]2CC[C@@H](c3ccc(N4CCOCC4)nc3)C2)ccc1F. The third kappa shape index (κ3) is 4.70. The number of ether oxygens (including phenoxy) is 2. The monoisotopic (exact) mass is 399 g/mol. The molecule has 1 aliphatic heterocycles. The van der Waals surface area contributed by atoms with Gasteiger partial charge in [-0.05, 0) is 61.4 Å². The van der Waals surface area contributed by atoms with Gasteiger partial charge in [0.1, 0.15) is 5.82 Å². The first-order chi connectivity index (χ1) is 14.1. The number of nitrogens with zero attached hydrogens (tertiary/aromatic N) is 2. The minimum Gasteiger partial charge on any atom is -0.494 e. The summed E-state index contributed by atoms with van der Waals surface area (Å²) in [6.45, 7) is 5.50. The second-order valence-electron chi connectivity index (χ2n) is 8.04. The van der Waals surface area contributed by atoms with E-state index in [4.69, 9.17) is 14.5 Å². The summed E-state index contributed by atoms with van der Waals surface area (Å²) in [7, 11) is 1.50. The normalized spacial score (nSPS) is 23.2. The molecular formula is C23H30FN3O2. The molecule has 0 amide bonds. The van der Waals surface area contributed by atoms with Gasteiger partial charge in [-0.3, -0.25) is 0 Å². The van der Waals surface area contributed by atoms with Crippen molar-refractivity contribution in [2.24, 2.45) is 0 Å². The highest BCUT2D eigenvalue weighted by molar-refractivity contribution is 5.40.